The molecule has 0 unspecified atom stereocenters. The van der Waals surface area contributed by atoms with Crippen molar-refractivity contribution in [2.45, 2.75) is 11.8 Å². The van der Waals surface area contributed by atoms with Gasteiger partial charge in [-0.2, -0.15) is 4.31 Å². The summed E-state index contributed by atoms with van der Waals surface area (Å²) in [4.78, 5) is 2.62. The summed E-state index contributed by atoms with van der Waals surface area (Å²) < 4.78 is 31.7. The van der Waals surface area contributed by atoms with Gasteiger partial charge < -0.3 is 4.74 Å². The second-order valence-electron chi connectivity index (χ2n) is 5.05. The first-order valence-corrected chi connectivity index (χ1v) is 8.28. The standard InChI is InChI=1S/C14H22N2O3S/c1-13-5-3-4-6-14(13)20(17,18)15(2)7-8-16-9-11-19-12-10-16/h3-6H,7-12H2,1-2H3. The summed E-state index contributed by atoms with van der Waals surface area (Å²) in [6, 6.07) is 7.09. The van der Waals surface area contributed by atoms with Crippen LogP contribution in [0.25, 0.3) is 0 Å². The van der Waals surface area contributed by atoms with Crippen LogP contribution in [0.5, 0.6) is 0 Å². The molecule has 0 N–H and O–H groups in total. The summed E-state index contributed by atoms with van der Waals surface area (Å²) in [5.74, 6) is 0. The molecule has 1 saturated heterocycles. The molecule has 5 nitrogen and oxygen atoms in total. The topological polar surface area (TPSA) is 49.9 Å². The Balaban J connectivity index is 2.00. The SMILES string of the molecule is Cc1ccccc1S(=O)(=O)N(C)CCN1CCOCC1. The van der Waals surface area contributed by atoms with Gasteiger partial charge in [-0.15, -0.1) is 0 Å². The molecular weight excluding hydrogens is 276 g/mol. The van der Waals surface area contributed by atoms with E-state index in [-0.39, 0.29) is 0 Å². The van der Waals surface area contributed by atoms with Gasteiger partial charge in [-0.25, -0.2) is 8.42 Å². The Morgan fingerprint density at radius 1 is 1.25 bits per heavy atom. The quantitative estimate of drug-likeness (QED) is 0.812. The number of rotatable bonds is 5. The normalized spacial score (nSPS) is 17.6. The molecule has 0 bridgehead atoms. The minimum atomic E-state index is -3.40. The minimum Gasteiger partial charge on any atom is -0.379 e. The third-order valence-electron chi connectivity index (χ3n) is 3.62. The predicted molar refractivity (Wildman–Crippen MR) is 78.3 cm³/mol. The number of likely N-dealkylation sites (N-methyl/N-ethyl adjacent to an activating group) is 1. The summed E-state index contributed by atoms with van der Waals surface area (Å²) in [6.45, 7) is 6.27. The second-order valence-corrected chi connectivity index (χ2v) is 7.06. The van der Waals surface area contributed by atoms with Crippen LogP contribution in [0, 0.1) is 6.92 Å². The fourth-order valence-corrected chi connectivity index (χ4v) is 3.62. The van der Waals surface area contributed by atoms with E-state index in [1.54, 1.807) is 19.2 Å². The molecule has 0 atom stereocenters. The summed E-state index contributed by atoms with van der Waals surface area (Å²) in [7, 11) is -1.75. The Bertz CT molecular complexity index is 539. The van der Waals surface area contributed by atoms with Gasteiger partial charge in [0.2, 0.25) is 10.0 Å². The Kier molecular flexibility index (Phi) is 5.15. The monoisotopic (exact) mass is 298 g/mol. The fraction of sp³-hybridized carbons (Fsp3) is 0.571. The molecule has 0 radical (unpaired) electrons. The van der Waals surface area contributed by atoms with Crippen LogP contribution in [0.3, 0.4) is 0 Å². The number of nitrogens with zero attached hydrogens (tertiary/aromatic N) is 2. The largest absolute Gasteiger partial charge is 0.379 e. The van der Waals surface area contributed by atoms with E-state index in [0.717, 1.165) is 38.4 Å². The lowest BCUT2D eigenvalue weighted by Crippen LogP contribution is -2.42. The van der Waals surface area contributed by atoms with Gasteiger partial charge in [0.15, 0.2) is 0 Å². The Labute approximate surface area is 121 Å². The zero-order chi connectivity index (χ0) is 14.6. The van der Waals surface area contributed by atoms with Gasteiger partial charge in [-0.3, -0.25) is 4.90 Å². The molecule has 1 fully saturated rings. The molecule has 1 aromatic rings. The van der Waals surface area contributed by atoms with Crippen LogP contribution in [0.15, 0.2) is 29.2 Å². The van der Waals surface area contributed by atoms with Gasteiger partial charge in [0.05, 0.1) is 18.1 Å². The number of aryl methyl sites for hydroxylation is 1. The summed E-state index contributed by atoms with van der Waals surface area (Å²) >= 11 is 0. The Hall–Kier alpha value is -0.950. The van der Waals surface area contributed by atoms with Crippen molar-refractivity contribution in [3.05, 3.63) is 29.8 Å². The minimum absolute atomic E-state index is 0.393. The van der Waals surface area contributed by atoms with E-state index in [1.165, 1.54) is 4.31 Å². The molecule has 6 heteroatoms. The molecule has 0 saturated carbocycles. The highest BCUT2D eigenvalue weighted by Gasteiger charge is 2.23. The van der Waals surface area contributed by atoms with E-state index < -0.39 is 10.0 Å². The highest BCUT2D eigenvalue weighted by Crippen LogP contribution is 2.18. The summed E-state index contributed by atoms with van der Waals surface area (Å²) in [6.07, 6.45) is 0. The maximum absolute atomic E-state index is 12.5. The van der Waals surface area contributed by atoms with Gasteiger partial charge >= 0.3 is 0 Å². The van der Waals surface area contributed by atoms with Crippen molar-refractivity contribution in [3.8, 4) is 0 Å². The first-order valence-electron chi connectivity index (χ1n) is 6.84. The molecule has 0 spiro atoms. The second kappa shape index (κ2) is 6.67. The van der Waals surface area contributed by atoms with E-state index in [4.69, 9.17) is 4.74 Å². The van der Waals surface area contributed by atoms with Gasteiger partial charge in [0.25, 0.3) is 0 Å². The number of ether oxygens (including phenoxy) is 1. The van der Waals surface area contributed by atoms with E-state index in [9.17, 15) is 8.42 Å². The highest BCUT2D eigenvalue weighted by atomic mass is 32.2. The van der Waals surface area contributed by atoms with Crippen LogP contribution in [0.2, 0.25) is 0 Å². The molecule has 0 aromatic heterocycles. The molecule has 1 aliphatic heterocycles. The Morgan fingerprint density at radius 2 is 1.90 bits per heavy atom. The van der Waals surface area contributed by atoms with Crippen molar-refractivity contribution in [2.24, 2.45) is 0 Å². The number of sulfonamides is 1. The zero-order valence-corrected chi connectivity index (χ0v) is 12.9. The number of hydrogen-bond donors (Lipinski definition) is 0. The van der Waals surface area contributed by atoms with E-state index in [1.807, 2.05) is 19.1 Å². The average Bonchev–Trinajstić information content (AvgIpc) is 2.46. The molecule has 1 aliphatic rings. The lowest BCUT2D eigenvalue weighted by molar-refractivity contribution is 0.0368. The van der Waals surface area contributed by atoms with Gasteiger partial charge in [-0.1, -0.05) is 18.2 Å². The molecule has 1 aromatic carbocycles. The summed E-state index contributed by atoms with van der Waals surface area (Å²) in [5.41, 5.74) is 0.783. The molecule has 20 heavy (non-hydrogen) atoms. The van der Waals surface area contributed by atoms with Crippen LogP contribution < -0.4 is 0 Å². The van der Waals surface area contributed by atoms with Crippen molar-refractivity contribution in [1.29, 1.82) is 0 Å². The third-order valence-corrected chi connectivity index (χ3v) is 5.63. The number of morpholine rings is 1. The maximum Gasteiger partial charge on any atom is 0.243 e. The number of benzene rings is 1. The predicted octanol–water partition coefficient (Wildman–Crippen LogP) is 0.948. The molecule has 2 rings (SSSR count). The lowest BCUT2D eigenvalue weighted by atomic mass is 10.2. The summed E-state index contributed by atoms with van der Waals surface area (Å²) in [5, 5.41) is 0. The van der Waals surface area contributed by atoms with Crippen LogP contribution in [0.1, 0.15) is 5.56 Å². The van der Waals surface area contributed by atoms with Gasteiger partial charge in [-0.05, 0) is 18.6 Å². The van der Waals surface area contributed by atoms with Crippen molar-refractivity contribution in [1.82, 2.24) is 9.21 Å². The zero-order valence-electron chi connectivity index (χ0n) is 12.1. The molecule has 1 heterocycles. The van der Waals surface area contributed by atoms with Crippen molar-refractivity contribution in [2.75, 3.05) is 46.4 Å². The van der Waals surface area contributed by atoms with E-state index in [0.29, 0.717) is 11.4 Å². The van der Waals surface area contributed by atoms with Crippen molar-refractivity contribution < 1.29 is 13.2 Å². The number of hydrogen-bond acceptors (Lipinski definition) is 4. The van der Waals surface area contributed by atoms with Crippen LogP contribution in [-0.4, -0.2) is 64.1 Å². The smallest absolute Gasteiger partial charge is 0.243 e. The average molecular weight is 298 g/mol. The van der Waals surface area contributed by atoms with Crippen LogP contribution in [0.4, 0.5) is 0 Å². The molecule has 0 amide bonds. The van der Waals surface area contributed by atoms with Crippen molar-refractivity contribution >= 4 is 10.0 Å². The molecule has 0 aliphatic carbocycles. The van der Waals surface area contributed by atoms with Gasteiger partial charge in [0.1, 0.15) is 0 Å². The van der Waals surface area contributed by atoms with Gasteiger partial charge in [0, 0.05) is 33.2 Å². The Morgan fingerprint density at radius 3 is 2.55 bits per heavy atom. The van der Waals surface area contributed by atoms with E-state index in [2.05, 4.69) is 4.90 Å². The van der Waals surface area contributed by atoms with E-state index >= 15 is 0 Å². The fourth-order valence-electron chi connectivity index (χ4n) is 2.24. The first kappa shape index (κ1) is 15.4. The van der Waals surface area contributed by atoms with Crippen LogP contribution >= 0.6 is 0 Å². The molecular formula is C14H22N2O3S. The maximum atomic E-state index is 12.5. The lowest BCUT2D eigenvalue weighted by Gasteiger charge is -2.28. The van der Waals surface area contributed by atoms with Crippen molar-refractivity contribution in [3.63, 3.8) is 0 Å². The van der Waals surface area contributed by atoms with Crippen LogP contribution in [-0.2, 0) is 14.8 Å². The third kappa shape index (κ3) is 3.58. The highest BCUT2D eigenvalue weighted by molar-refractivity contribution is 7.89. The first-order chi connectivity index (χ1) is 9.51. The molecule has 112 valence electrons.